The largest absolute Gasteiger partial charge is 0.482 e. The van der Waals surface area contributed by atoms with E-state index in [2.05, 4.69) is 9.88 Å². The molecule has 1 aliphatic heterocycles. The molecule has 1 fully saturated rings. The van der Waals surface area contributed by atoms with Crippen molar-refractivity contribution in [3.05, 3.63) is 58.2 Å². The Morgan fingerprint density at radius 1 is 1.03 bits per heavy atom. The molecule has 1 saturated heterocycles. The van der Waals surface area contributed by atoms with Gasteiger partial charge in [0.25, 0.3) is 5.91 Å². The fraction of sp³-hybridized carbons (Fsp3) is 0.286. The van der Waals surface area contributed by atoms with Crippen molar-refractivity contribution in [2.45, 2.75) is 6.92 Å². The Morgan fingerprint density at radius 2 is 1.72 bits per heavy atom. The summed E-state index contributed by atoms with van der Waals surface area (Å²) in [6.45, 7) is 4.47. The minimum Gasteiger partial charge on any atom is -0.482 e. The first kappa shape index (κ1) is 19.7. The quantitative estimate of drug-likeness (QED) is 0.626. The zero-order valence-electron chi connectivity index (χ0n) is 15.9. The normalized spacial score (nSPS) is 14.3. The van der Waals surface area contributed by atoms with Gasteiger partial charge in [0, 0.05) is 37.3 Å². The Bertz CT molecular complexity index is 1050. The highest BCUT2D eigenvalue weighted by Gasteiger charge is 2.24. The maximum absolute atomic E-state index is 12.5. The lowest BCUT2D eigenvalue weighted by atomic mass is 10.2. The smallest absolute Gasteiger partial charge is 0.260 e. The molecule has 0 N–H and O–H groups in total. The monoisotopic (exact) mass is 430 g/mol. The van der Waals surface area contributed by atoms with Gasteiger partial charge in [-0.05, 0) is 31.2 Å². The number of aryl methyl sites for hydroxylation is 1. The summed E-state index contributed by atoms with van der Waals surface area (Å²) >= 11 is 12.0. The second-order valence-electron chi connectivity index (χ2n) is 6.85. The molecule has 29 heavy (non-hydrogen) atoms. The van der Waals surface area contributed by atoms with Crippen LogP contribution in [-0.2, 0) is 4.79 Å². The number of anilines is 1. The van der Waals surface area contributed by atoms with Crippen LogP contribution in [-0.4, -0.2) is 53.6 Å². The molecule has 2 heterocycles. The van der Waals surface area contributed by atoms with Gasteiger partial charge in [-0.15, -0.1) is 0 Å². The maximum Gasteiger partial charge on any atom is 0.260 e. The average Bonchev–Trinajstić information content (AvgIpc) is 2.74. The molecule has 3 aromatic rings. The van der Waals surface area contributed by atoms with Gasteiger partial charge in [-0.3, -0.25) is 4.79 Å². The van der Waals surface area contributed by atoms with E-state index in [4.69, 9.17) is 32.9 Å². The van der Waals surface area contributed by atoms with E-state index in [0.29, 0.717) is 42.0 Å². The van der Waals surface area contributed by atoms with Crippen LogP contribution in [0.5, 0.6) is 5.75 Å². The van der Waals surface area contributed by atoms with E-state index >= 15 is 0 Å². The summed E-state index contributed by atoms with van der Waals surface area (Å²) in [5, 5.41) is 0.940. The Labute approximate surface area is 179 Å². The molecule has 0 bridgehead atoms. The summed E-state index contributed by atoms with van der Waals surface area (Å²) in [5.74, 6) is 1.20. The first-order valence-electron chi connectivity index (χ1n) is 9.35. The third-order valence-corrected chi connectivity index (χ3v) is 5.44. The molecule has 0 atom stereocenters. The summed E-state index contributed by atoms with van der Waals surface area (Å²) in [4.78, 5) is 25.9. The van der Waals surface area contributed by atoms with Gasteiger partial charge in [-0.1, -0.05) is 35.3 Å². The minimum atomic E-state index is -0.0815. The molecule has 0 spiro atoms. The van der Waals surface area contributed by atoms with Crippen LogP contribution in [0.25, 0.3) is 11.0 Å². The summed E-state index contributed by atoms with van der Waals surface area (Å²) < 4.78 is 5.57. The van der Waals surface area contributed by atoms with E-state index in [0.717, 1.165) is 22.5 Å². The molecule has 2 aromatic carbocycles. The van der Waals surface area contributed by atoms with Crippen LogP contribution in [0.1, 0.15) is 5.69 Å². The number of carbonyl (C=O) groups is 1. The number of ether oxygens (including phenoxy) is 1. The Hall–Kier alpha value is -2.57. The molecule has 1 amide bonds. The van der Waals surface area contributed by atoms with Crippen molar-refractivity contribution in [2.24, 2.45) is 0 Å². The Morgan fingerprint density at radius 3 is 2.45 bits per heavy atom. The number of rotatable bonds is 4. The highest BCUT2D eigenvalue weighted by Crippen LogP contribution is 2.28. The van der Waals surface area contributed by atoms with Crippen molar-refractivity contribution in [1.82, 2.24) is 14.9 Å². The standard InChI is InChI=1S/C21H20Cl2N4O2/c1-14-21(25-18-5-3-2-4-17(18)24-14)27-10-8-26(9-11-27)20(28)13-29-19-12-15(22)6-7-16(19)23/h2-7,12H,8-11,13H2,1H3. The molecule has 4 rings (SSSR count). The first-order valence-corrected chi connectivity index (χ1v) is 10.1. The first-order chi connectivity index (χ1) is 14.0. The van der Waals surface area contributed by atoms with Gasteiger partial charge in [-0.2, -0.15) is 0 Å². The lowest BCUT2D eigenvalue weighted by Crippen LogP contribution is -2.50. The number of carbonyl (C=O) groups excluding carboxylic acids is 1. The average molecular weight is 431 g/mol. The lowest BCUT2D eigenvalue weighted by molar-refractivity contribution is -0.133. The lowest BCUT2D eigenvalue weighted by Gasteiger charge is -2.35. The van der Waals surface area contributed by atoms with E-state index < -0.39 is 0 Å². The fourth-order valence-corrected chi connectivity index (χ4v) is 3.70. The number of benzene rings is 2. The third kappa shape index (κ3) is 4.38. The number of hydrogen-bond acceptors (Lipinski definition) is 5. The van der Waals surface area contributed by atoms with Crippen molar-refractivity contribution < 1.29 is 9.53 Å². The van der Waals surface area contributed by atoms with E-state index in [9.17, 15) is 4.79 Å². The number of halogens is 2. The van der Waals surface area contributed by atoms with Gasteiger partial charge < -0.3 is 14.5 Å². The third-order valence-electron chi connectivity index (χ3n) is 4.90. The van der Waals surface area contributed by atoms with E-state index in [1.807, 2.05) is 31.2 Å². The molecule has 8 heteroatoms. The summed E-state index contributed by atoms with van der Waals surface area (Å²) in [5.41, 5.74) is 2.65. The molecule has 1 aromatic heterocycles. The number of fused-ring (bicyclic) bond motifs is 1. The second kappa shape index (κ2) is 8.43. The molecule has 1 aliphatic rings. The fourth-order valence-electron chi connectivity index (χ4n) is 3.36. The van der Waals surface area contributed by atoms with Crippen LogP contribution in [0, 0.1) is 6.92 Å². The van der Waals surface area contributed by atoms with Crippen LogP contribution in [0.2, 0.25) is 10.0 Å². The predicted molar refractivity (Wildman–Crippen MR) is 115 cm³/mol. The van der Waals surface area contributed by atoms with E-state index in [1.165, 1.54) is 0 Å². The van der Waals surface area contributed by atoms with E-state index in [1.54, 1.807) is 23.1 Å². The molecule has 0 aliphatic carbocycles. The van der Waals surface area contributed by atoms with E-state index in [-0.39, 0.29) is 12.5 Å². The van der Waals surface area contributed by atoms with Crippen LogP contribution < -0.4 is 9.64 Å². The highest BCUT2D eigenvalue weighted by atomic mass is 35.5. The molecule has 0 saturated carbocycles. The Kier molecular flexibility index (Phi) is 5.74. The van der Waals surface area contributed by atoms with Crippen molar-refractivity contribution in [1.29, 1.82) is 0 Å². The topological polar surface area (TPSA) is 58.6 Å². The number of nitrogens with zero attached hydrogens (tertiary/aromatic N) is 4. The minimum absolute atomic E-state index is 0.0745. The number of amides is 1. The van der Waals surface area contributed by atoms with Gasteiger partial charge in [-0.25, -0.2) is 9.97 Å². The van der Waals surface area contributed by atoms with Crippen LogP contribution >= 0.6 is 23.2 Å². The maximum atomic E-state index is 12.5. The summed E-state index contributed by atoms with van der Waals surface area (Å²) in [6, 6.07) is 12.8. The number of aromatic nitrogens is 2. The van der Waals surface area contributed by atoms with Crippen molar-refractivity contribution in [3.63, 3.8) is 0 Å². The molecule has 6 nitrogen and oxygen atoms in total. The van der Waals surface area contributed by atoms with Gasteiger partial charge in [0.15, 0.2) is 12.4 Å². The number of piperazine rings is 1. The molecule has 0 unspecified atom stereocenters. The van der Waals surface area contributed by atoms with Gasteiger partial charge >= 0.3 is 0 Å². The summed E-state index contributed by atoms with van der Waals surface area (Å²) in [7, 11) is 0. The number of hydrogen-bond donors (Lipinski definition) is 0. The van der Waals surface area contributed by atoms with Gasteiger partial charge in [0.1, 0.15) is 5.75 Å². The van der Waals surface area contributed by atoms with Crippen molar-refractivity contribution in [3.8, 4) is 5.75 Å². The predicted octanol–water partition coefficient (Wildman–Crippen LogP) is 3.97. The highest BCUT2D eigenvalue weighted by molar-refractivity contribution is 6.34. The zero-order chi connectivity index (χ0) is 20.4. The van der Waals surface area contributed by atoms with Crippen LogP contribution in [0.4, 0.5) is 5.82 Å². The molecular formula is C21H20Cl2N4O2. The zero-order valence-corrected chi connectivity index (χ0v) is 17.5. The molecule has 0 radical (unpaired) electrons. The Balaban J connectivity index is 1.37. The summed E-state index contributed by atoms with van der Waals surface area (Å²) in [6.07, 6.45) is 0. The second-order valence-corrected chi connectivity index (χ2v) is 7.70. The molecular weight excluding hydrogens is 411 g/mol. The van der Waals surface area contributed by atoms with Crippen LogP contribution in [0.3, 0.4) is 0 Å². The SMILES string of the molecule is Cc1nc2ccccc2nc1N1CCN(C(=O)COc2cc(Cl)ccc2Cl)CC1. The molecule has 150 valence electrons. The number of para-hydroxylation sites is 2. The van der Waals surface area contributed by atoms with Gasteiger partial charge in [0.05, 0.1) is 21.7 Å². The van der Waals surface area contributed by atoms with Gasteiger partial charge in [0.2, 0.25) is 0 Å². The van der Waals surface area contributed by atoms with Crippen LogP contribution in [0.15, 0.2) is 42.5 Å². The van der Waals surface area contributed by atoms with Crippen molar-refractivity contribution >= 4 is 46.0 Å². The van der Waals surface area contributed by atoms with Crippen molar-refractivity contribution in [2.75, 3.05) is 37.7 Å².